The molecular weight excluding hydrogens is 308 g/mol. The second-order valence-electron chi connectivity index (χ2n) is 6.21. The maximum absolute atomic E-state index is 12.9. The van der Waals surface area contributed by atoms with Crippen molar-refractivity contribution in [1.82, 2.24) is 29.4 Å². The van der Waals surface area contributed by atoms with Gasteiger partial charge in [0, 0.05) is 32.1 Å². The largest absolute Gasteiger partial charge is 0.369 e. The van der Waals surface area contributed by atoms with E-state index in [0.29, 0.717) is 18.8 Å². The van der Waals surface area contributed by atoms with Gasteiger partial charge in [0.1, 0.15) is 12.7 Å². The second-order valence-corrected chi connectivity index (χ2v) is 6.21. The molecule has 1 aliphatic rings. The Balaban J connectivity index is 1.81. The molecule has 2 aromatic rings. The van der Waals surface area contributed by atoms with Crippen LogP contribution < -0.4 is 0 Å². The van der Waals surface area contributed by atoms with E-state index in [0.717, 1.165) is 24.2 Å². The third kappa shape index (κ3) is 3.06. The lowest BCUT2D eigenvalue weighted by Gasteiger charge is -2.27. The van der Waals surface area contributed by atoms with Crippen LogP contribution in [0.1, 0.15) is 48.6 Å². The van der Waals surface area contributed by atoms with Gasteiger partial charge in [-0.1, -0.05) is 0 Å². The summed E-state index contributed by atoms with van der Waals surface area (Å²) in [6, 6.07) is 0. The summed E-state index contributed by atoms with van der Waals surface area (Å²) in [5.41, 5.74) is 2.61. The molecule has 0 unspecified atom stereocenters. The summed E-state index contributed by atoms with van der Waals surface area (Å²) in [5, 5.41) is 8.63. The minimum absolute atomic E-state index is 0.0433. The van der Waals surface area contributed by atoms with Crippen molar-refractivity contribution in [2.45, 2.75) is 52.5 Å². The molecule has 3 rings (SSSR count). The Morgan fingerprint density at radius 1 is 1.46 bits per heavy atom. The van der Waals surface area contributed by atoms with E-state index < -0.39 is 0 Å². The van der Waals surface area contributed by atoms with Crippen LogP contribution in [0, 0.1) is 0 Å². The quantitative estimate of drug-likeness (QED) is 0.824. The molecule has 0 bridgehead atoms. The van der Waals surface area contributed by atoms with Crippen LogP contribution in [0.2, 0.25) is 0 Å². The van der Waals surface area contributed by atoms with Gasteiger partial charge < -0.3 is 9.64 Å². The highest BCUT2D eigenvalue weighted by Gasteiger charge is 2.32. The molecule has 130 valence electrons. The van der Waals surface area contributed by atoms with Crippen LogP contribution in [-0.4, -0.2) is 55.0 Å². The van der Waals surface area contributed by atoms with Crippen LogP contribution in [0.15, 0.2) is 12.7 Å². The number of ether oxygens (including phenoxy) is 1. The number of rotatable bonds is 5. The first-order valence-corrected chi connectivity index (χ1v) is 8.34. The Kier molecular flexibility index (Phi) is 4.66. The number of likely N-dealkylation sites (N-methyl/N-ethyl adjacent to an activating group) is 1. The summed E-state index contributed by atoms with van der Waals surface area (Å²) >= 11 is 0. The number of carbonyl (C=O) groups is 1. The van der Waals surface area contributed by atoms with E-state index in [2.05, 4.69) is 15.2 Å². The highest BCUT2D eigenvalue weighted by molar-refractivity contribution is 5.94. The van der Waals surface area contributed by atoms with Gasteiger partial charge in [-0.25, -0.2) is 4.98 Å². The molecule has 3 heterocycles. The average Bonchev–Trinajstić information content (AvgIpc) is 3.19. The van der Waals surface area contributed by atoms with E-state index in [9.17, 15) is 4.79 Å². The van der Waals surface area contributed by atoms with Crippen molar-refractivity contribution < 1.29 is 9.53 Å². The van der Waals surface area contributed by atoms with Crippen LogP contribution >= 0.6 is 0 Å². The number of fused-ring (bicyclic) bond motifs is 1. The molecule has 0 aliphatic carbocycles. The lowest BCUT2D eigenvalue weighted by atomic mass is 9.99. The minimum Gasteiger partial charge on any atom is -0.369 e. The van der Waals surface area contributed by atoms with Crippen molar-refractivity contribution >= 4 is 5.91 Å². The summed E-state index contributed by atoms with van der Waals surface area (Å²) in [6.45, 7) is 7.96. The molecule has 2 atom stereocenters. The van der Waals surface area contributed by atoms with Crippen molar-refractivity contribution in [3.05, 3.63) is 29.6 Å². The van der Waals surface area contributed by atoms with Crippen molar-refractivity contribution in [2.75, 3.05) is 13.6 Å². The summed E-state index contributed by atoms with van der Waals surface area (Å²) < 4.78 is 9.50. The first kappa shape index (κ1) is 16.6. The molecule has 1 aliphatic heterocycles. The highest BCUT2D eigenvalue weighted by atomic mass is 16.5. The van der Waals surface area contributed by atoms with Gasteiger partial charge in [0.25, 0.3) is 5.91 Å². The Hall–Kier alpha value is -2.22. The van der Waals surface area contributed by atoms with Crippen molar-refractivity contribution in [2.24, 2.45) is 0 Å². The zero-order chi connectivity index (χ0) is 17.3. The Bertz CT molecular complexity index is 708. The highest BCUT2D eigenvalue weighted by Crippen LogP contribution is 2.32. The maximum atomic E-state index is 12.9. The van der Waals surface area contributed by atoms with Crippen LogP contribution in [0.4, 0.5) is 0 Å². The number of nitrogens with zero attached hydrogens (tertiary/aromatic N) is 6. The van der Waals surface area contributed by atoms with E-state index in [1.807, 2.05) is 25.5 Å². The maximum Gasteiger partial charge on any atom is 0.274 e. The van der Waals surface area contributed by atoms with Crippen LogP contribution in [0.5, 0.6) is 0 Å². The van der Waals surface area contributed by atoms with Gasteiger partial charge >= 0.3 is 0 Å². The Morgan fingerprint density at radius 3 is 2.92 bits per heavy atom. The molecule has 0 saturated heterocycles. The second kappa shape index (κ2) is 6.72. The molecule has 2 aromatic heterocycles. The minimum atomic E-state index is -0.0557. The zero-order valence-electron chi connectivity index (χ0n) is 14.6. The molecule has 0 saturated carbocycles. The fourth-order valence-corrected chi connectivity index (χ4v) is 3.21. The first-order valence-electron chi connectivity index (χ1n) is 8.34. The fourth-order valence-electron chi connectivity index (χ4n) is 3.21. The molecule has 0 N–H and O–H groups in total. The predicted molar refractivity (Wildman–Crippen MR) is 87.5 cm³/mol. The van der Waals surface area contributed by atoms with Gasteiger partial charge in [-0.2, -0.15) is 10.2 Å². The molecule has 8 nitrogen and oxygen atoms in total. The standard InChI is InChI=1S/C16H24N6O2/c1-5-22-15-12(3)24-11(2)8-13(15)14(19-22)16(23)20(4)6-7-21-10-17-9-18-21/h9-12H,5-8H2,1-4H3/t11-,12+/m1/s1. The number of hydrogen-bond donors (Lipinski definition) is 0. The summed E-state index contributed by atoms with van der Waals surface area (Å²) in [6.07, 6.45) is 3.90. The van der Waals surface area contributed by atoms with Gasteiger partial charge in [-0.3, -0.25) is 14.2 Å². The van der Waals surface area contributed by atoms with Gasteiger partial charge in [-0.05, 0) is 20.8 Å². The van der Waals surface area contributed by atoms with Crippen molar-refractivity contribution in [3.63, 3.8) is 0 Å². The van der Waals surface area contributed by atoms with E-state index >= 15 is 0 Å². The van der Waals surface area contributed by atoms with E-state index in [-0.39, 0.29) is 18.1 Å². The van der Waals surface area contributed by atoms with E-state index in [1.165, 1.54) is 6.33 Å². The molecule has 1 amide bonds. The van der Waals surface area contributed by atoms with E-state index in [4.69, 9.17) is 4.74 Å². The van der Waals surface area contributed by atoms with Crippen LogP contribution in [0.3, 0.4) is 0 Å². The number of carbonyl (C=O) groups excluding carboxylic acids is 1. The van der Waals surface area contributed by atoms with Gasteiger partial charge in [0.05, 0.1) is 24.4 Å². The fraction of sp³-hybridized carbons (Fsp3) is 0.625. The topological polar surface area (TPSA) is 78.1 Å². The average molecular weight is 332 g/mol. The summed E-state index contributed by atoms with van der Waals surface area (Å²) in [5.74, 6) is -0.0557. The third-order valence-electron chi connectivity index (χ3n) is 4.39. The number of amides is 1. The monoisotopic (exact) mass is 332 g/mol. The van der Waals surface area contributed by atoms with Crippen molar-refractivity contribution in [3.8, 4) is 0 Å². The molecule has 0 spiro atoms. The molecule has 0 aromatic carbocycles. The van der Waals surface area contributed by atoms with Crippen LogP contribution in [0.25, 0.3) is 0 Å². The summed E-state index contributed by atoms with van der Waals surface area (Å²) in [7, 11) is 1.79. The van der Waals surface area contributed by atoms with Gasteiger partial charge in [0.2, 0.25) is 0 Å². The first-order chi connectivity index (χ1) is 11.5. The van der Waals surface area contributed by atoms with Gasteiger partial charge in [-0.15, -0.1) is 0 Å². The molecule has 8 heteroatoms. The number of aryl methyl sites for hydroxylation is 1. The lowest BCUT2D eigenvalue weighted by Crippen LogP contribution is -2.32. The van der Waals surface area contributed by atoms with Crippen LogP contribution in [-0.2, 0) is 24.2 Å². The summed E-state index contributed by atoms with van der Waals surface area (Å²) in [4.78, 5) is 18.5. The normalized spacial score (nSPS) is 20.0. The molecule has 0 fully saturated rings. The predicted octanol–water partition coefficient (Wildman–Crippen LogP) is 1.29. The molecular formula is C16H24N6O2. The smallest absolute Gasteiger partial charge is 0.274 e. The number of hydrogen-bond acceptors (Lipinski definition) is 5. The molecule has 24 heavy (non-hydrogen) atoms. The van der Waals surface area contributed by atoms with Gasteiger partial charge in [0.15, 0.2) is 5.69 Å². The third-order valence-corrected chi connectivity index (χ3v) is 4.39. The SMILES string of the molecule is CCn1nc(C(=O)N(C)CCn2cncn2)c2c1[C@H](C)O[C@H](C)C2. The zero-order valence-corrected chi connectivity index (χ0v) is 14.6. The van der Waals surface area contributed by atoms with Crippen molar-refractivity contribution in [1.29, 1.82) is 0 Å². The lowest BCUT2D eigenvalue weighted by molar-refractivity contribution is -0.00951. The Morgan fingerprint density at radius 2 is 2.25 bits per heavy atom. The van der Waals surface area contributed by atoms with E-state index in [1.54, 1.807) is 23.0 Å². The molecule has 0 radical (unpaired) electrons. The Labute approximate surface area is 141 Å². The number of aromatic nitrogens is 5.